The fourth-order valence-corrected chi connectivity index (χ4v) is 2.56. The van der Waals surface area contributed by atoms with E-state index in [1.54, 1.807) is 37.6 Å². The van der Waals surface area contributed by atoms with Crippen LogP contribution in [0.4, 0.5) is 5.82 Å². The van der Waals surface area contributed by atoms with Crippen LogP contribution in [-0.4, -0.2) is 28.9 Å². The first kappa shape index (κ1) is 20.4. The van der Waals surface area contributed by atoms with Gasteiger partial charge in [0.05, 0.1) is 12.5 Å². The van der Waals surface area contributed by atoms with Crippen molar-refractivity contribution in [2.24, 2.45) is 5.73 Å². The molecule has 2 aromatic heterocycles. The molecule has 1 aromatic carbocycles. The Morgan fingerprint density at radius 2 is 2.04 bits per heavy atom. The summed E-state index contributed by atoms with van der Waals surface area (Å²) in [7, 11) is 1.54. The number of benzene rings is 1. The Balaban J connectivity index is 0.000000229. The summed E-state index contributed by atoms with van der Waals surface area (Å²) in [5.41, 5.74) is 5.51. The van der Waals surface area contributed by atoms with Crippen molar-refractivity contribution < 1.29 is 9.53 Å². The number of carbonyl (C=O) groups excluding carboxylic acids is 1. The number of rotatable bonds is 4. The van der Waals surface area contributed by atoms with Crippen LogP contribution in [0.15, 0.2) is 42.6 Å². The number of nitrogens with one attached hydrogen (secondary N) is 1. The average molecular weight is 360 g/mol. The minimum absolute atomic E-state index is 0.441. The monoisotopic (exact) mass is 360 g/mol. The van der Waals surface area contributed by atoms with E-state index in [1.807, 2.05) is 26.0 Å². The molecule has 134 valence electrons. The number of primary amides is 1. The van der Waals surface area contributed by atoms with Gasteiger partial charge in [0, 0.05) is 18.3 Å². The lowest BCUT2D eigenvalue weighted by Gasteiger charge is -1.99. The van der Waals surface area contributed by atoms with E-state index in [4.69, 9.17) is 10.5 Å². The zero-order valence-electron chi connectivity index (χ0n) is 14.9. The fourth-order valence-electron chi connectivity index (χ4n) is 1.85. The van der Waals surface area contributed by atoms with Crippen molar-refractivity contribution >= 4 is 33.5 Å². The summed E-state index contributed by atoms with van der Waals surface area (Å²) < 4.78 is 9.15. The molecule has 0 aliphatic rings. The van der Waals surface area contributed by atoms with E-state index in [9.17, 15) is 4.79 Å². The molecule has 6 nitrogen and oxygen atoms in total. The van der Waals surface area contributed by atoms with Gasteiger partial charge < -0.3 is 15.8 Å². The third-order valence-electron chi connectivity index (χ3n) is 2.95. The lowest BCUT2D eigenvalue weighted by Crippen LogP contribution is -2.10. The summed E-state index contributed by atoms with van der Waals surface area (Å²) in [5.74, 6) is 1.15. The van der Waals surface area contributed by atoms with Gasteiger partial charge >= 0.3 is 0 Å². The average Bonchev–Trinajstić information content (AvgIpc) is 3.07. The lowest BCUT2D eigenvalue weighted by atomic mass is 10.2. The first-order valence-corrected chi connectivity index (χ1v) is 8.81. The van der Waals surface area contributed by atoms with E-state index in [2.05, 4.69) is 21.6 Å². The molecule has 0 aliphatic carbocycles. The van der Waals surface area contributed by atoms with Gasteiger partial charge in [-0.3, -0.25) is 4.79 Å². The highest BCUT2D eigenvalue weighted by molar-refractivity contribution is 7.13. The van der Waals surface area contributed by atoms with Crippen molar-refractivity contribution in [1.82, 2.24) is 9.36 Å². The molecule has 0 unspecified atom stereocenters. The number of nitrogens with zero attached hydrogens (tertiary/aromatic N) is 2. The molecule has 0 bridgehead atoms. The predicted octanol–water partition coefficient (Wildman–Crippen LogP) is 3.94. The second-order valence-corrected chi connectivity index (χ2v) is 5.27. The van der Waals surface area contributed by atoms with Crippen molar-refractivity contribution in [2.75, 3.05) is 19.0 Å². The van der Waals surface area contributed by atoms with Crippen LogP contribution in [-0.2, 0) is 0 Å². The van der Waals surface area contributed by atoms with E-state index in [0.717, 1.165) is 22.6 Å². The van der Waals surface area contributed by atoms with Crippen molar-refractivity contribution in [3.63, 3.8) is 0 Å². The highest BCUT2D eigenvalue weighted by atomic mass is 32.1. The zero-order chi connectivity index (χ0) is 18.7. The second-order valence-electron chi connectivity index (χ2n) is 4.51. The molecule has 2 heterocycles. The number of ether oxygens (including phenoxy) is 1. The molecule has 0 atom stereocenters. The molecule has 0 saturated heterocycles. The number of fused-ring (bicyclic) bond motifs is 1. The third-order valence-corrected chi connectivity index (χ3v) is 3.72. The van der Waals surface area contributed by atoms with Crippen LogP contribution in [0, 0.1) is 0 Å². The lowest BCUT2D eigenvalue weighted by molar-refractivity contribution is 0.1000. The van der Waals surface area contributed by atoms with Crippen LogP contribution in [0.3, 0.4) is 0 Å². The van der Waals surface area contributed by atoms with Gasteiger partial charge in [-0.25, -0.2) is 4.98 Å². The molecule has 0 fully saturated rings. The Morgan fingerprint density at radius 3 is 2.68 bits per heavy atom. The fraction of sp³-hybridized carbons (Fsp3) is 0.278. The molecule has 3 rings (SSSR count). The van der Waals surface area contributed by atoms with Gasteiger partial charge in [0.15, 0.2) is 0 Å². The zero-order valence-corrected chi connectivity index (χ0v) is 15.8. The molecule has 7 heteroatoms. The van der Waals surface area contributed by atoms with Crippen molar-refractivity contribution in [3.8, 4) is 5.75 Å². The van der Waals surface area contributed by atoms with Gasteiger partial charge in [0.2, 0.25) is 5.91 Å². The number of pyridine rings is 1. The highest BCUT2D eigenvalue weighted by Gasteiger charge is 2.03. The van der Waals surface area contributed by atoms with Gasteiger partial charge in [0.25, 0.3) is 0 Å². The molecule has 3 N–H and O–H groups in total. The van der Waals surface area contributed by atoms with E-state index in [1.165, 1.54) is 11.5 Å². The summed E-state index contributed by atoms with van der Waals surface area (Å²) in [6.45, 7) is 6.95. The smallest absolute Gasteiger partial charge is 0.248 e. The summed E-state index contributed by atoms with van der Waals surface area (Å²) in [4.78, 5) is 15.8. The van der Waals surface area contributed by atoms with E-state index in [0.29, 0.717) is 11.3 Å². The van der Waals surface area contributed by atoms with Crippen LogP contribution in [0.5, 0.6) is 5.75 Å². The minimum atomic E-state index is -0.441. The standard InChI is InChI=1S/C8H9N3S.C8H9NO2.C2H6/c1-2-9-7-6-4-3-5-10-8(6)12-11-7;1-11-7-4-2-3-6(5-7)8(9)10;1-2/h3-5H,2H2,1H3,(H,9,11);2-5H,1H3,(H2,9,10);1-2H3. The molecule has 0 radical (unpaired) electrons. The van der Waals surface area contributed by atoms with Crippen molar-refractivity contribution in [3.05, 3.63) is 48.2 Å². The summed E-state index contributed by atoms with van der Waals surface area (Å²) in [5, 5.41) is 4.30. The van der Waals surface area contributed by atoms with Crippen molar-refractivity contribution in [2.45, 2.75) is 20.8 Å². The van der Waals surface area contributed by atoms with Crippen LogP contribution in [0.2, 0.25) is 0 Å². The molecular weight excluding hydrogens is 336 g/mol. The van der Waals surface area contributed by atoms with Crippen LogP contribution in [0.25, 0.3) is 10.2 Å². The molecule has 3 aromatic rings. The number of aromatic nitrogens is 2. The molecule has 0 aliphatic heterocycles. The maximum Gasteiger partial charge on any atom is 0.248 e. The van der Waals surface area contributed by atoms with Crippen LogP contribution >= 0.6 is 11.5 Å². The van der Waals surface area contributed by atoms with Crippen LogP contribution < -0.4 is 15.8 Å². The largest absolute Gasteiger partial charge is 0.497 e. The first-order chi connectivity index (χ1) is 12.2. The second kappa shape index (κ2) is 11.0. The number of hydrogen-bond acceptors (Lipinski definition) is 6. The minimum Gasteiger partial charge on any atom is -0.497 e. The summed E-state index contributed by atoms with van der Waals surface area (Å²) in [6, 6.07) is 10.7. The molecule has 0 spiro atoms. The number of anilines is 1. The number of methoxy groups -OCH3 is 1. The third kappa shape index (κ3) is 6.04. The summed E-state index contributed by atoms with van der Waals surface area (Å²) in [6.07, 6.45) is 1.79. The molecule has 25 heavy (non-hydrogen) atoms. The topological polar surface area (TPSA) is 90.1 Å². The Morgan fingerprint density at radius 1 is 1.28 bits per heavy atom. The summed E-state index contributed by atoms with van der Waals surface area (Å²) >= 11 is 1.43. The highest BCUT2D eigenvalue weighted by Crippen LogP contribution is 2.23. The van der Waals surface area contributed by atoms with E-state index >= 15 is 0 Å². The SMILES string of the molecule is CC.CCNc1nsc2ncccc12.COc1cccc(C(N)=O)c1. The molecule has 1 amide bonds. The van der Waals surface area contributed by atoms with E-state index < -0.39 is 5.91 Å². The van der Waals surface area contributed by atoms with Gasteiger partial charge in [0.1, 0.15) is 16.4 Å². The van der Waals surface area contributed by atoms with Crippen molar-refractivity contribution in [1.29, 1.82) is 0 Å². The Bertz CT molecular complexity index is 789. The number of nitrogens with two attached hydrogens (primary N) is 1. The molecular formula is C18H24N4O2S. The van der Waals surface area contributed by atoms with Crippen LogP contribution in [0.1, 0.15) is 31.1 Å². The predicted molar refractivity (Wildman–Crippen MR) is 104 cm³/mol. The van der Waals surface area contributed by atoms with E-state index in [-0.39, 0.29) is 0 Å². The molecule has 0 saturated carbocycles. The maximum absolute atomic E-state index is 10.6. The number of carbonyl (C=O) groups is 1. The maximum atomic E-state index is 10.6. The van der Waals surface area contributed by atoms with Gasteiger partial charge in [-0.15, -0.1) is 0 Å². The van der Waals surface area contributed by atoms with Gasteiger partial charge in [-0.05, 0) is 48.8 Å². The quantitative estimate of drug-likeness (QED) is 0.735. The van der Waals surface area contributed by atoms with Gasteiger partial charge in [-0.1, -0.05) is 19.9 Å². The first-order valence-electron chi connectivity index (χ1n) is 8.03. The Labute approximate surface area is 152 Å². The Hall–Kier alpha value is -2.67. The van der Waals surface area contributed by atoms with Gasteiger partial charge in [-0.2, -0.15) is 4.37 Å². The normalized spacial score (nSPS) is 9.28. The number of hydrogen-bond donors (Lipinski definition) is 2. The number of amides is 1. The Kier molecular flexibility index (Phi) is 8.95.